The van der Waals surface area contributed by atoms with Crippen LogP contribution in [0.5, 0.6) is 0 Å². The summed E-state index contributed by atoms with van der Waals surface area (Å²) in [5.41, 5.74) is 3.42. The van der Waals surface area contributed by atoms with Crippen molar-refractivity contribution in [3.05, 3.63) is 59.1 Å². The van der Waals surface area contributed by atoms with Gasteiger partial charge in [-0.05, 0) is 36.2 Å². The van der Waals surface area contributed by atoms with E-state index in [1.165, 1.54) is 5.56 Å². The first kappa shape index (κ1) is 15.9. The van der Waals surface area contributed by atoms with Crippen LogP contribution in [0.15, 0.2) is 48.5 Å². The van der Waals surface area contributed by atoms with Gasteiger partial charge in [-0.25, -0.2) is 0 Å². The Bertz CT molecular complexity index is 567. The van der Waals surface area contributed by atoms with Crippen molar-refractivity contribution in [3.8, 4) is 0 Å². The van der Waals surface area contributed by atoms with E-state index in [-0.39, 0.29) is 0 Å². The fraction of sp³-hybridized carbons (Fsp3) is 0.333. The summed E-state index contributed by atoms with van der Waals surface area (Å²) in [7, 11) is 2.06. The van der Waals surface area contributed by atoms with Crippen LogP contribution in [0.4, 0.5) is 11.4 Å². The van der Waals surface area contributed by atoms with Gasteiger partial charge in [0.1, 0.15) is 0 Å². The number of nitrogens with zero attached hydrogens (tertiary/aromatic N) is 1. The van der Waals surface area contributed by atoms with Gasteiger partial charge in [-0.15, -0.1) is 0 Å². The Morgan fingerprint density at radius 2 is 1.76 bits per heavy atom. The second-order valence-electron chi connectivity index (χ2n) is 5.67. The van der Waals surface area contributed by atoms with Crippen LogP contribution in [0.25, 0.3) is 0 Å². The van der Waals surface area contributed by atoms with Gasteiger partial charge in [-0.1, -0.05) is 55.8 Å². The molecule has 112 valence electrons. The van der Waals surface area contributed by atoms with Gasteiger partial charge in [0.2, 0.25) is 0 Å². The van der Waals surface area contributed by atoms with E-state index in [1.807, 2.05) is 30.3 Å². The summed E-state index contributed by atoms with van der Waals surface area (Å²) in [6.45, 7) is 6.25. The topological polar surface area (TPSA) is 15.3 Å². The molecular formula is C18H23ClN2. The van der Waals surface area contributed by atoms with Gasteiger partial charge in [0.25, 0.3) is 0 Å². The van der Waals surface area contributed by atoms with Gasteiger partial charge in [0, 0.05) is 19.3 Å². The van der Waals surface area contributed by atoms with E-state index in [0.29, 0.717) is 5.92 Å². The zero-order chi connectivity index (χ0) is 15.2. The smallest absolute Gasteiger partial charge is 0.0646 e. The second kappa shape index (κ2) is 7.48. The third-order valence-corrected chi connectivity index (χ3v) is 3.72. The summed E-state index contributed by atoms with van der Waals surface area (Å²) in [5.74, 6) is 0.638. The lowest BCUT2D eigenvalue weighted by atomic mass is 10.1. The van der Waals surface area contributed by atoms with Crippen molar-refractivity contribution in [2.75, 3.05) is 18.5 Å². The highest BCUT2D eigenvalue weighted by atomic mass is 35.5. The summed E-state index contributed by atoms with van der Waals surface area (Å²) < 4.78 is 0. The molecule has 0 spiro atoms. The Morgan fingerprint density at radius 1 is 1.05 bits per heavy atom. The molecule has 0 aliphatic rings. The van der Waals surface area contributed by atoms with Crippen LogP contribution in [0.1, 0.15) is 19.4 Å². The van der Waals surface area contributed by atoms with E-state index < -0.39 is 0 Å². The Labute approximate surface area is 132 Å². The first-order valence-corrected chi connectivity index (χ1v) is 7.74. The van der Waals surface area contributed by atoms with E-state index in [9.17, 15) is 0 Å². The molecule has 2 nitrogen and oxygen atoms in total. The zero-order valence-electron chi connectivity index (χ0n) is 12.9. The predicted octanol–water partition coefficient (Wildman–Crippen LogP) is 4.85. The minimum absolute atomic E-state index is 0.638. The van der Waals surface area contributed by atoms with Gasteiger partial charge >= 0.3 is 0 Å². The molecular weight excluding hydrogens is 280 g/mol. The first-order valence-electron chi connectivity index (χ1n) is 7.36. The molecule has 0 unspecified atom stereocenters. The number of benzene rings is 2. The van der Waals surface area contributed by atoms with Gasteiger partial charge < -0.3 is 10.2 Å². The third-order valence-electron chi connectivity index (χ3n) is 3.42. The van der Waals surface area contributed by atoms with Gasteiger partial charge in [0.05, 0.1) is 10.7 Å². The highest BCUT2D eigenvalue weighted by molar-refractivity contribution is 6.33. The molecule has 0 amide bonds. The van der Waals surface area contributed by atoms with E-state index in [0.717, 1.165) is 29.5 Å². The van der Waals surface area contributed by atoms with Gasteiger partial charge in [-0.2, -0.15) is 0 Å². The third kappa shape index (κ3) is 4.23. The second-order valence-corrected chi connectivity index (χ2v) is 6.07. The molecule has 1 N–H and O–H groups in total. The summed E-state index contributed by atoms with van der Waals surface area (Å²) in [6, 6.07) is 16.4. The van der Waals surface area contributed by atoms with Crippen molar-refractivity contribution >= 4 is 23.0 Å². The Morgan fingerprint density at radius 3 is 2.43 bits per heavy atom. The highest BCUT2D eigenvalue weighted by Gasteiger charge is 2.13. The average molecular weight is 303 g/mol. The monoisotopic (exact) mass is 302 g/mol. The molecule has 0 bridgehead atoms. The number of halogens is 1. The maximum atomic E-state index is 6.45. The molecule has 0 saturated heterocycles. The van der Waals surface area contributed by atoms with Crippen molar-refractivity contribution in [3.63, 3.8) is 0 Å². The Kier molecular flexibility index (Phi) is 5.66. The molecule has 2 aromatic rings. The van der Waals surface area contributed by atoms with Crippen molar-refractivity contribution < 1.29 is 0 Å². The van der Waals surface area contributed by atoms with Crippen LogP contribution in [-0.2, 0) is 6.54 Å². The van der Waals surface area contributed by atoms with Crippen LogP contribution in [0, 0.1) is 5.92 Å². The molecule has 0 radical (unpaired) electrons. The molecule has 2 rings (SSSR count). The maximum absolute atomic E-state index is 6.45. The number of hydrogen-bond acceptors (Lipinski definition) is 2. The normalized spacial score (nSPS) is 10.9. The lowest BCUT2D eigenvalue weighted by Gasteiger charge is -2.24. The molecule has 2 aromatic carbocycles. The molecule has 0 saturated carbocycles. The van der Waals surface area contributed by atoms with E-state index in [1.54, 1.807) is 0 Å². The SMILES string of the molecule is CC(C)CNCc1cccc(Cl)c1N(C)c1ccccc1. The number of para-hydroxylation sites is 2. The van der Waals surface area contributed by atoms with Crippen LogP contribution >= 0.6 is 11.6 Å². The highest BCUT2D eigenvalue weighted by Crippen LogP contribution is 2.33. The van der Waals surface area contributed by atoms with Crippen LogP contribution in [0.3, 0.4) is 0 Å². The van der Waals surface area contributed by atoms with Crippen LogP contribution < -0.4 is 10.2 Å². The standard InChI is InChI=1S/C18H23ClN2/c1-14(2)12-20-13-15-8-7-11-17(19)18(15)21(3)16-9-5-4-6-10-16/h4-11,14,20H,12-13H2,1-3H3. The number of nitrogens with one attached hydrogen (secondary N) is 1. The number of rotatable bonds is 6. The summed E-state index contributed by atoms with van der Waals surface area (Å²) >= 11 is 6.45. The van der Waals surface area contributed by atoms with Crippen molar-refractivity contribution in [1.29, 1.82) is 0 Å². The Hall–Kier alpha value is -1.51. The molecule has 21 heavy (non-hydrogen) atoms. The molecule has 0 fully saturated rings. The van der Waals surface area contributed by atoms with Gasteiger partial charge in [-0.3, -0.25) is 0 Å². The fourth-order valence-electron chi connectivity index (χ4n) is 2.35. The summed E-state index contributed by atoms with van der Waals surface area (Å²) in [4.78, 5) is 2.15. The lowest BCUT2D eigenvalue weighted by Crippen LogP contribution is -2.21. The Balaban J connectivity index is 2.25. The van der Waals surface area contributed by atoms with Crippen molar-refractivity contribution in [2.24, 2.45) is 5.92 Å². The largest absolute Gasteiger partial charge is 0.343 e. The predicted molar refractivity (Wildman–Crippen MR) is 92.5 cm³/mol. The molecule has 0 aromatic heterocycles. The number of hydrogen-bond donors (Lipinski definition) is 1. The van der Waals surface area contributed by atoms with E-state index in [2.05, 4.69) is 49.3 Å². The molecule has 0 aliphatic carbocycles. The zero-order valence-corrected chi connectivity index (χ0v) is 13.7. The maximum Gasteiger partial charge on any atom is 0.0646 e. The molecule has 3 heteroatoms. The van der Waals surface area contributed by atoms with Crippen LogP contribution in [-0.4, -0.2) is 13.6 Å². The van der Waals surface area contributed by atoms with Gasteiger partial charge in [0.15, 0.2) is 0 Å². The van der Waals surface area contributed by atoms with E-state index in [4.69, 9.17) is 11.6 Å². The minimum atomic E-state index is 0.638. The molecule has 0 atom stereocenters. The summed E-state index contributed by atoms with van der Waals surface area (Å²) in [5, 5.41) is 4.27. The van der Waals surface area contributed by atoms with Crippen LogP contribution in [0.2, 0.25) is 5.02 Å². The average Bonchev–Trinajstić information content (AvgIpc) is 2.47. The first-order chi connectivity index (χ1) is 10.1. The lowest BCUT2D eigenvalue weighted by molar-refractivity contribution is 0.552. The van der Waals surface area contributed by atoms with Crippen molar-refractivity contribution in [2.45, 2.75) is 20.4 Å². The fourth-order valence-corrected chi connectivity index (χ4v) is 2.68. The summed E-state index contributed by atoms with van der Waals surface area (Å²) in [6.07, 6.45) is 0. The quantitative estimate of drug-likeness (QED) is 0.820. The molecule has 0 aliphatic heterocycles. The number of anilines is 2. The molecule has 0 heterocycles. The van der Waals surface area contributed by atoms with E-state index >= 15 is 0 Å². The van der Waals surface area contributed by atoms with Crippen molar-refractivity contribution in [1.82, 2.24) is 5.32 Å². The minimum Gasteiger partial charge on any atom is -0.343 e.